The molecule has 2 aromatic rings. The first-order chi connectivity index (χ1) is 11.1. The predicted molar refractivity (Wildman–Crippen MR) is 92.2 cm³/mol. The summed E-state index contributed by atoms with van der Waals surface area (Å²) < 4.78 is 2.07. The van der Waals surface area contributed by atoms with Crippen LogP contribution in [0.1, 0.15) is 12.8 Å². The number of carbonyl (C=O) groups is 1. The highest BCUT2D eigenvalue weighted by atomic mass is 127. The van der Waals surface area contributed by atoms with Crippen LogP contribution < -0.4 is 4.90 Å². The lowest BCUT2D eigenvalue weighted by atomic mass is 10.0. The van der Waals surface area contributed by atoms with Gasteiger partial charge in [-0.05, 0) is 6.42 Å². The lowest BCUT2D eigenvalue weighted by Gasteiger charge is -2.41. The van der Waals surface area contributed by atoms with Gasteiger partial charge in [-0.15, -0.1) is 0 Å². The molecule has 1 fully saturated rings. The number of rotatable bonds is 3. The number of fused-ring (bicyclic) bond motifs is 1. The van der Waals surface area contributed by atoms with Crippen LogP contribution in [-0.4, -0.2) is 60.5 Å². The van der Waals surface area contributed by atoms with Crippen LogP contribution in [0.3, 0.4) is 0 Å². The van der Waals surface area contributed by atoms with E-state index in [9.17, 15) is 4.79 Å². The summed E-state index contributed by atoms with van der Waals surface area (Å²) in [6, 6.07) is 2.05. The van der Waals surface area contributed by atoms with Crippen molar-refractivity contribution >= 4 is 40.0 Å². The van der Waals surface area contributed by atoms with Crippen LogP contribution in [0, 0.1) is 11.3 Å². The third-order valence-electron chi connectivity index (χ3n) is 4.09. The van der Waals surface area contributed by atoms with Crippen LogP contribution in [0.25, 0.3) is 5.65 Å². The van der Waals surface area contributed by atoms with Crippen LogP contribution in [0.4, 0.5) is 5.82 Å². The van der Waals surface area contributed by atoms with Gasteiger partial charge in [-0.25, -0.2) is 14.5 Å². The number of alkyl halides is 1. The molecule has 0 aromatic carbocycles. The number of imidazole rings is 1. The lowest BCUT2D eigenvalue weighted by Crippen LogP contribution is -2.54. The highest BCUT2D eigenvalue weighted by molar-refractivity contribution is 14.1. The van der Waals surface area contributed by atoms with Crippen molar-refractivity contribution in [3.8, 4) is 6.07 Å². The van der Waals surface area contributed by atoms with E-state index in [-0.39, 0.29) is 18.4 Å². The fourth-order valence-corrected chi connectivity index (χ4v) is 3.81. The summed E-state index contributed by atoms with van der Waals surface area (Å²) in [5.74, 6) is 0.633. The molecule has 23 heavy (non-hydrogen) atoms. The molecule has 0 bridgehead atoms. The molecule has 2 atom stereocenters. The zero-order valence-corrected chi connectivity index (χ0v) is 14.8. The number of halogens is 1. The smallest absolute Gasteiger partial charge is 0.236 e. The zero-order chi connectivity index (χ0) is 16.4. The molecule has 0 unspecified atom stereocenters. The average Bonchev–Trinajstić information content (AvgIpc) is 3.03. The molecule has 1 amide bonds. The van der Waals surface area contributed by atoms with Gasteiger partial charge in [-0.2, -0.15) is 10.4 Å². The number of piperidine rings is 1. The molecule has 120 valence electrons. The Balaban J connectivity index is 1.85. The molecule has 1 aliphatic rings. The first-order valence-corrected chi connectivity index (χ1v) is 8.52. The molecule has 0 aliphatic carbocycles. The quantitative estimate of drug-likeness (QED) is 0.536. The van der Waals surface area contributed by atoms with Gasteiger partial charge in [-0.1, -0.05) is 22.6 Å². The number of anilines is 1. The normalized spacial score (nSPS) is 21.2. The third kappa shape index (κ3) is 3.08. The van der Waals surface area contributed by atoms with E-state index >= 15 is 0 Å². The molecule has 0 saturated carbocycles. The van der Waals surface area contributed by atoms with E-state index in [1.165, 1.54) is 6.33 Å². The van der Waals surface area contributed by atoms with Crippen LogP contribution in [-0.2, 0) is 4.79 Å². The van der Waals surface area contributed by atoms with Gasteiger partial charge in [0.2, 0.25) is 5.91 Å². The van der Waals surface area contributed by atoms with Gasteiger partial charge in [0.1, 0.15) is 12.7 Å². The van der Waals surface area contributed by atoms with Crippen LogP contribution in [0.5, 0.6) is 0 Å². The number of likely N-dealkylation sites (N-methyl/N-ethyl adjacent to an activating group) is 1. The van der Waals surface area contributed by atoms with E-state index in [1.807, 2.05) is 13.1 Å². The van der Waals surface area contributed by atoms with E-state index in [2.05, 4.69) is 42.6 Å². The number of nitrogens with zero attached hydrogens (tertiary/aromatic N) is 7. The monoisotopic (exact) mass is 425 g/mol. The molecule has 1 aliphatic heterocycles. The molecule has 0 N–H and O–H groups in total. The van der Waals surface area contributed by atoms with Gasteiger partial charge >= 0.3 is 0 Å². The summed E-state index contributed by atoms with van der Waals surface area (Å²) in [4.78, 5) is 24.5. The molecule has 1 saturated heterocycles. The maximum Gasteiger partial charge on any atom is 0.236 e. The Morgan fingerprint density at radius 1 is 1.57 bits per heavy atom. The zero-order valence-electron chi connectivity index (χ0n) is 12.6. The van der Waals surface area contributed by atoms with Crippen molar-refractivity contribution in [2.45, 2.75) is 22.8 Å². The molecule has 0 radical (unpaired) electrons. The summed E-state index contributed by atoms with van der Waals surface area (Å²) in [6.07, 6.45) is 5.79. The van der Waals surface area contributed by atoms with Gasteiger partial charge in [0, 0.05) is 36.5 Å². The summed E-state index contributed by atoms with van der Waals surface area (Å²) in [7, 11) is 1.96. The summed E-state index contributed by atoms with van der Waals surface area (Å²) in [5, 5.41) is 12.9. The minimum atomic E-state index is -0.108. The molecule has 3 rings (SSSR count). The maximum atomic E-state index is 12.0. The number of amides is 1. The SMILES string of the molecule is CN(c1ncnn2ccnc12)[C@H]1CN(C(=O)CC#N)CC[C@H]1I. The fourth-order valence-electron chi connectivity index (χ4n) is 2.82. The first-order valence-electron chi connectivity index (χ1n) is 7.27. The molecule has 9 heteroatoms. The Hall–Kier alpha value is -1.96. The molecule has 2 aromatic heterocycles. The van der Waals surface area contributed by atoms with Crippen molar-refractivity contribution in [2.24, 2.45) is 0 Å². The van der Waals surface area contributed by atoms with Crippen LogP contribution in [0.15, 0.2) is 18.7 Å². The van der Waals surface area contributed by atoms with Crippen LogP contribution >= 0.6 is 22.6 Å². The molecule has 0 spiro atoms. The fraction of sp³-hybridized carbons (Fsp3) is 0.500. The Bertz CT molecular complexity index is 755. The van der Waals surface area contributed by atoms with E-state index in [1.54, 1.807) is 21.8 Å². The average molecular weight is 425 g/mol. The Morgan fingerprint density at radius 2 is 2.39 bits per heavy atom. The lowest BCUT2D eigenvalue weighted by molar-refractivity contribution is -0.131. The van der Waals surface area contributed by atoms with E-state index < -0.39 is 0 Å². The Labute approximate surface area is 147 Å². The second-order valence-electron chi connectivity index (χ2n) is 5.44. The van der Waals surface area contributed by atoms with Crippen molar-refractivity contribution in [3.05, 3.63) is 18.7 Å². The van der Waals surface area contributed by atoms with Crippen LogP contribution in [0.2, 0.25) is 0 Å². The minimum absolute atomic E-state index is 0.0691. The predicted octanol–water partition coefficient (Wildman–Crippen LogP) is 0.879. The van der Waals surface area contributed by atoms with Crippen molar-refractivity contribution in [1.82, 2.24) is 24.5 Å². The van der Waals surface area contributed by atoms with Gasteiger partial charge in [-0.3, -0.25) is 4.79 Å². The summed E-state index contributed by atoms with van der Waals surface area (Å²) in [5.41, 5.74) is 0.694. The standard InChI is InChI=1S/C14H16IN7O/c1-20(13-14-17-5-7-22(14)19-9-18-13)11-8-21(6-3-10(11)15)12(23)2-4-16/h5,7,9-11H,2-3,6,8H2,1H3/t10-,11+/m1/s1. The Morgan fingerprint density at radius 3 is 3.17 bits per heavy atom. The maximum absolute atomic E-state index is 12.0. The van der Waals surface area contributed by atoms with Crippen molar-refractivity contribution in [3.63, 3.8) is 0 Å². The summed E-state index contributed by atoms with van der Waals surface area (Å²) >= 11 is 2.42. The van der Waals surface area contributed by atoms with Crippen molar-refractivity contribution < 1.29 is 4.79 Å². The van der Waals surface area contributed by atoms with E-state index in [0.717, 1.165) is 12.2 Å². The van der Waals surface area contributed by atoms with Gasteiger partial charge < -0.3 is 9.80 Å². The largest absolute Gasteiger partial charge is 0.351 e. The topological polar surface area (TPSA) is 90.4 Å². The first kappa shape index (κ1) is 15.9. The number of hydrogen-bond donors (Lipinski definition) is 0. The molecule has 3 heterocycles. The highest BCUT2D eigenvalue weighted by Crippen LogP contribution is 2.27. The van der Waals surface area contributed by atoms with Gasteiger partial charge in [0.05, 0.1) is 12.1 Å². The molecule has 8 nitrogen and oxygen atoms in total. The highest BCUT2D eigenvalue weighted by Gasteiger charge is 2.33. The number of aromatic nitrogens is 4. The number of hydrogen-bond acceptors (Lipinski definition) is 6. The summed E-state index contributed by atoms with van der Waals surface area (Å²) in [6.45, 7) is 1.28. The second kappa shape index (κ2) is 6.66. The van der Waals surface area contributed by atoms with Gasteiger partial charge in [0.15, 0.2) is 11.5 Å². The number of nitriles is 1. The molecular formula is C14H16IN7O. The third-order valence-corrected chi connectivity index (χ3v) is 5.55. The van der Waals surface area contributed by atoms with E-state index in [0.29, 0.717) is 22.7 Å². The van der Waals surface area contributed by atoms with Crippen molar-refractivity contribution in [1.29, 1.82) is 5.26 Å². The van der Waals surface area contributed by atoms with Gasteiger partial charge in [0.25, 0.3) is 0 Å². The number of likely N-dealkylation sites (tertiary alicyclic amines) is 1. The van der Waals surface area contributed by atoms with E-state index in [4.69, 9.17) is 5.26 Å². The Kier molecular flexibility index (Phi) is 4.61. The van der Waals surface area contributed by atoms with Crippen molar-refractivity contribution in [2.75, 3.05) is 25.0 Å². The number of carbonyl (C=O) groups excluding carboxylic acids is 1. The molecular weight excluding hydrogens is 409 g/mol. The minimum Gasteiger partial charge on any atom is -0.351 e. The second-order valence-corrected chi connectivity index (χ2v) is 7.04.